The van der Waals surface area contributed by atoms with Crippen molar-refractivity contribution in [3.05, 3.63) is 75.1 Å². The summed E-state index contributed by atoms with van der Waals surface area (Å²) < 4.78 is 10.1. The summed E-state index contributed by atoms with van der Waals surface area (Å²) in [5, 5.41) is 4.23. The number of hydrogen-bond acceptors (Lipinski definition) is 5. The van der Waals surface area contributed by atoms with Gasteiger partial charge in [0.1, 0.15) is 5.58 Å². The van der Waals surface area contributed by atoms with E-state index < -0.39 is 0 Å². The number of benzene rings is 2. The first-order chi connectivity index (χ1) is 12.9. The van der Waals surface area contributed by atoms with Crippen LogP contribution in [0.4, 0.5) is 5.69 Å². The van der Waals surface area contributed by atoms with Crippen molar-refractivity contribution in [3.8, 4) is 0 Å². The molecular weight excluding hydrogens is 342 g/mol. The van der Waals surface area contributed by atoms with Crippen molar-refractivity contribution in [1.82, 2.24) is 0 Å². The Morgan fingerprint density at radius 2 is 1.85 bits per heavy atom. The highest BCUT2D eigenvalue weighted by atomic mass is 16.5. The molecule has 0 fully saturated rings. The largest absolute Gasteiger partial charge is 0.465 e. The molecule has 140 valence electrons. The van der Waals surface area contributed by atoms with Crippen LogP contribution in [0, 0.1) is 6.92 Å². The number of nitrogens with one attached hydrogen (secondary N) is 1. The normalized spacial score (nSPS) is 11.0. The minimum absolute atomic E-state index is 0.364. The van der Waals surface area contributed by atoms with Crippen LogP contribution in [0.5, 0.6) is 0 Å². The standard InChI is InChI=1S/C22H23NO4/c1-13(2)18-11-19-16(10-21(24)27-20(19)9-14(18)3)12-23-17-7-5-15(6-8-17)22(25)26-4/h5-11,13,23H,12H2,1-4H3. The van der Waals surface area contributed by atoms with Gasteiger partial charge in [-0.25, -0.2) is 9.59 Å². The molecule has 0 aliphatic carbocycles. The highest BCUT2D eigenvalue weighted by Crippen LogP contribution is 2.27. The van der Waals surface area contributed by atoms with Crippen LogP contribution < -0.4 is 10.9 Å². The molecule has 1 heterocycles. The Labute approximate surface area is 158 Å². The summed E-state index contributed by atoms with van der Waals surface area (Å²) in [5.41, 5.74) is 4.80. The molecule has 0 bridgehead atoms. The van der Waals surface area contributed by atoms with Crippen molar-refractivity contribution >= 4 is 22.6 Å². The first-order valence-corrected chi connectivity index (χ1v) is 8.88. The molecule has 3 rings (SSSR count). The van der Waals surface area contributed by atoms with Crippen LogP contribution in [-0.4, -0.2) is 13.1 Å². The molecule has 5 heteroatoms. The molecule has 27 heavy (non-hydrogen) atoms. The number of fused-ring (bicyclic) bond motifs is 1. The number of carbonyl (C=O) groups excluding carboxylic acids is 1. The summed E-state index contributed by atoms with van der Waals surface area (Å²) in [6.45, 7) is 6.80. The predicted molar refractivity (Wildman–Crippen MR) is 106 cm³/mol. The maximum atomic E-state index is 12.0. The van der Waals surface area contributed by atoms with Crippen LogP contribution in [0.15, 0.2) is 51.7 Å². The van der Waals surface area contributed by atoms with Crippen molar-refractivity contribution < 1.29 is 13.9 Å². The molecule has 1 N–H and O–H groups in total. The third-order valence-corrected chi connectivity index (χ3v) is 4.63. The van der Waals surface area contributed by atoms with E-state index in [1.165, 1.54) is 18.7 Å². The number of hydrogen-bond donors (Lipinski definition) is 1. The summed E-state index contributed by atoms with van der Waals surface area (Å²) in [6, 6.07) is 12.6. The average molecular weight is 365 g/mol. The van der Waals surface area contributed by atoms with Crippen LogP contribution in [0.25, 0.3) is 11.0 Å². The molecule has 0 aliphatic rings. The lowest BCUT2D eigenvalue weighted by Crippen LogP contribution is -2.07. The van der Waals surface area contributed by atoms with Crippen molar-refractivity contribution in [1.29, 1.82) is 0 Å². The fourth-order valence-electron chi connectivity index (χ4n) is 3.20. The monoisotopic (exact) mass is 365 g/mol. The summed E-state index contributed by atoms with van der Waals surface area (Å²) in [5.74, 6) is 0.0119. The molecule has 0 saturated carbocycles. The summed E-state index contributed by atoms with van der Waals surface area (Å²) in [7, 11) is 1.35. The van der Waals surface area contributed by atoms with Gasteiger partial charge in [-0.15, -0.1) is 0 Å². The lowest BCUT2D eigenvalue weighted by Gasteiger charge is -2.14. The van der Waals surface area contributed by atoms with Crippen molar-refractivity contribution in [2.45, 2.75) is 33.2 Å². The van der Waals surface area contributed by atoms with Crippen LogP contribution in [-0.2, 0) is 11.3 Å². The Balaban J connectivity index is 1.91. The molecule has 0 amide bonds. The van der Waals surface area contributed by atoms with Crippen molar-refractivity contribution in [2.75, 3.05) is 12.4 Å². The zero-order chi connectivity index (χ0) is 19.6. The molecule has 0 atom stereocenters. The van der Waals surface area contributed by atoms with Crippen LogP contribution in [0.1, 0.15) is 46.8 Å². The minimum Gasteiger partial charge on any atom is -0.465 e. The van der Waals surface area contributed by atoms with E-state index in [1.54, 1.807) is 12.1 Å². The SMILES string of the molecule is COC(=O)c1ccc(NCc2cc(=O)oc3cc(C)c(C(C)C)cc23)cc1. The van der Waals surface area contributed by atoms with E-state index in [1.807, 2.05) is 25.1 Å². The van der Waals surface area contributed by atoms with Gasteiger partial charge < -0.3 is 14.5 Å². The van der Waals surface area contributed by atoms with E-state index in [0.717, 1.165) is 22.2 Å². The molecule has 0 spiro atoms. The van der Waals surface area contributed by atoms with Crippen molar-refractivity contribution in [2.24, 2.45) is 0 Å². The Bertz CT molecular complexity index is 1030. The van der Waals surface area contributed by atoms with Crippen LogP contribution >= 0.6 is 0 Å². The third-order valence-electron chi connectivity index (χ3n) is 4.63. The Kier molecular flexibility index (Phi) is 5.31. The van der Waals surface area contributed by atoms with Gasteiger partial charge in [-0.2, -0.15) is 0 Å². The fraction of sp³-hybridized carbons (Fsp3) is 0.273. The first-order valence-electron chi connectivity index (χ1n) is 8.88. The predicted octanol–water partition coefficient (Wildman–Crippen LogP) is 4.62. The molecule has 5 nitrogen and oxygen atoms in total. The van der Waals surface area contributed by atoms with Gasteiger partial charge in [-0.05, 0) is 65.9 Å². The van der Waals surface area contributed by atoms with Crippen molar-refractivity contribution in [3.63, 3.8) is 0 Å². The van der Waals surface area contributed by atoms with E-state index in [0.29, 0.717) is 23.6 Å². The van der Waals surface area contributed by atoms with E-state index in [2.05, 4.69) is 25.2 Å². The second kappa shape index (κ2) is 7.66. The molecule has 3 aromatic rings. The quantitative estimate of drug-likeness (QED) is 0.528. The van der Waals surface area contributed by atoms with E-state index in [-0.39, 0.29) is 11.6 Å². The van der Waals surface area contributed by atoms with Crippen LogP contribution in [0.3, 0.4) is 0 Å². The lowest BCUT2D eigenvalue weighted by molar-refractivity contribution is 0.0601. The van der Waals surface area contributed by atoms with E-state index in [9.17, 15) is 9.59 Å². The number of carbonyl (C=O) groups is 1. The third kappa shape index (κ3) is 4.03. The average Bonchev–Trinajstić information content (AvgIpc) is 2.65. The Morgan fingerprint density at radius 3 is 2.48 bits per heavy atom. The lowest BCUT2D eigenvalue weighted by atomic mass is 9.95. The Morgan fingerprint density at radius 1 is 1.15 bits per heavy atom. The number of esters is 1. The smallest absolute Gasteiger partial charge is 0.337 e. The molecule has 0 saturated heterocycles. The maximum absolute atomic E-state index is 12.0. The summed E-state index contributed by atoms with van der Waals surface area (Å²) in [4.78, 5) is 23.5. The zero-order valence-corrected chi connectivity index (χ0v) is 16.0. The van der Waals surface area contributed by atoms with Gasteiger partial charge in [0.25, 0.3) is 0 Å². The summed E-state index contributed by atoms with van der Waals surface area (Å²) >= 11 is 0. The van der Waals surface area contributed by atoms with Crippen LogP contribution in [0.2, 0.25) is 0 Å². The number of rotatable bonds is 5. The van der Waals surface area contributed by atoms with Gasteiger partial charge in [-0.3, -0.25) is 0 Å². The second-order valence-electron chi connectivity index (χ2n) is 6.87. The van der Waals surface area contributed by atoms with E-state index in [4.69, 9.17) is 9.15 Å². The number of anilines is 1. The number of aryl methyl sites for hydroxylation is 1. The van der Waals surface area contributed by atoms with Gasteiger partial charge in [0.15, 0.2) is 0 Å². The molecule has 1 aromatic heterocycles. The first kappa shape index (κ1) is 18.7. The summed E-state index contributed by atoms with van der Waals surface area (Å²) in [6.07, 6.45) is 0. The maximum Gasteiger partial charge on any atom is 0.337 e. The highest BCUT2D eigenvalue weighted by Gasteiger charge is 2.11. The second-order valence-corrected chi connectivity index (χ2v) is 6.87. The molecule has 2 aromatic carbocycles. The highest BCUT2D eigenvalue weighted by molar-refractivity contribution is 5.89. The zero-order valence-electron chi connectivity index (χ0n) is 16.0. The molecule has 0 radical (unpaired) electrons. The molecular formula is C22H23NO4. The molecule has 0 unspecified atom stereocenters. The molecule has 0 aliphatic heterocycles. The van der Waals surface area contributed by atoms with Gasteiger partial charge in [0.2, 0.25) is 0 Å². The Hall–Kier alpha value is -3.08. The van der Waals surface area contributed by atoms with Gasteiger partial charge in [-0.1, -0.05) is 13.8 Å². The van der Waals surface area contributed by atoms with Gasteiger partial charge in [0, 0.05) is 23.7 Å². The van der Waals surface area contributed by atoms with E-state index >= 15 is 0 Å². The topological polar surface area (TPSA) is 68.5 Å². The number of ether oxygens (including phenoxy) is 1. The van der Waals surface area contributed by atoms with Gasteiger partial charge in [0.05, 0.1) is 12.7 Å². The van der Waals surface area contributed by atoms with Gasteiger partial charge >= 0.3 is 11.6 Å². The minimum atomic E-state index is -0.371. The number of methoxy groups -OCH3 is 1. The fourth-order valence-corrected chi connectivity index (χ4v) is 3.20.